The first kappa shape index (κ1) is 17.7. The maximum Gasteiger partial charge on any atom is 0.339 e. The first-order valence-corrected chi connectivity index (χ1v) is 8.01. The summed E-state index contributed by atoms with van der Waals surface area (Å²) in [7, 11) is 0. The maximum absolute atomic E-state index is 12.4. The van der Waals surface area contributed by atoms with Gasteiger partial charge in [0.15, 0.2) is 0 Å². The molecule has 0 aromatic heterocycles. The number of carbonyl (C=O) groups excluding carboxylic acids is 1. The van der Waals surface area contributed by atoms with E-state index in [9.17, 15) is 4.79 Å². The molecule has 0 saturated carbocycles. The quantitative estimate of drug-likeness (QED) is 0.402. The normalized spacial score (nSPS) is 11.0. The van der Waals surface area contributed by atoms with E-state index in [-0.39, 0.29) is 11.4 Å². The zero-order valence-corrected chi connectivity index (χ0v) is 14.6. The van der Waals surface area contributed by atoms with Crippen LogP contribution < -0.4 is 4.74 Å². The van der Waals surface area contributed by atoms with Crippen LogP contribution in [0.3, 0.4) is 0 Å². The summed E-state index contributed by atoms with van der Waals surface area (Å²) in [5.74, 6) is 0.126. The molecule has 2 rings (SSSR count). The van der Waals surface area contributed by atoms with Crippen LogP contribution in [0, 0.1) is 5.41 Å². The summed E-state index contributed by atoms with van der Waals surface area (Å²) in [6.07, 6.45) is 0.733. The number of rotatable bonds is 6. The number of carbonyl (C=O) groups is 1. The van der Waals surface area contributed by atoms with Gasteiger partial charge >= 0.3 is 5.97 Å². The van der Waals surface area contributed by atoms with Crippen LogP contribution in [0.2, 0.25) is 0 Å². The fourth-order valence-corrected chi connectivity index (χ4v) is 2.47. The second kappa shape index (κ2) is 7.31. The summed E-state index contributed by atoms with van der Waals surface area (Å²) in [6.45, 7) is 13.8. The fraction of sp³-hybridized carbons (Fsp3) is 0.227. The van der Waals surface area contributed by atoms with Crippen molar-refractivity contribution in [3.8, 4) is 5.75 Å². The average Bonchev–Trinajstić information content (AvgIpc) is 2.55. The molecule has 24 heavy (non-hydrogen) atoms. The van der Waals surface area contributed by atoms with Gasteiger partial charge in [0, 0.05) is 11.0 Å². The lowest BCUT2D eigenvalue weighted by atomic mass is 9.79. The van der Waals surface area contributed by atoms with Gasteiger partial charge in [-0.2, -0.15) is 0 Å². The molecule has 0 fully saturated rings. The molecule has 0 N–H and O–H groups in total. The van der Waals surface area contributed by atoms with Crippen LogP contribution in [0.15, 0.2) is 73.3 Å². The topological polar surface area (TPSA) is 26.3 Å². The Balaban J connectivity index is 2.05. The molecule has 0 spiro atoms. The van der Waals surface area contributed by atoms with Gasteiger partial charge in [0.25, 0.3) is 0 Å². The molecule has 2 nitrogen and oxygen atoms in total. The van der Waals surface area contributed by atoms with Crippen LogP contribution in [-0.4, -0.2) is 5.97 Å². The number of ether oxygens (including phenoxy) is 1. The lowest BCUT2D eigenvalue weighted by Crippen LogP contribution is -2.26. The molecule has 0 heterocycles. The predicted octanol–water partition coefficient (Wildman–Crippen LogP) is 5.45. The third-order valence-electron chi connectivity index (χ3n) is 4.11. The van der Waals surface area contributed by atoms with E-state index in [0.717, 1.165) is 17.6 Å². The molecule has 0 radical (unpaired) electrons. The van der Waals surface area contributed by atoms with E-state index in [1.54, 1.807) is 12.1 Å². The molecule has 2 aromatic carbocycles. The summed E-state index contributed by atoms with van der Waals surface area (Å²) >= 11 is 0. The van der Waals surface area contributed by atoms with Crippen LogP contribution in [-0.2, 0) is 11.2 Å². The molecule has 0 atom stereocenters. The van der Waals surface area contributed by atoms with Gasteiger partial charge in [-0.25, -0.2) is 4.79 Å². The highest BCUT2D eigenvalue weighted by atomic mass is 16.5. The number of benzene rings is 2. The first-order valence-electron chi connectivity index (χ1n) is 8.01. The SMILES string of the molecule is C=C(C)c1ccc(OC(=O)C(=C)C(C)(C)Cc2ccccc2)cc1. The minimum Gasteiger partial charge on any atom is -0.423 e. The molecule has 2 aromatic rings. The Morgan fingerprint density at radius 2 is 1.58 bits per heavy atom. The molecule has 0 amide bonds. The van der Waals surface area contributed by atoms with Gasteiger partial charge in [-0.05, 0) is 36.6 Å². The minimum atomic E-state index is -0.390. The Hall–Kier alpha value is -2.61. The molecule has 2 heteroatoms. The third kappa shape index (κ3) is 4.45. The highest BCUT2D eigenvalue weighted by Crippen LogP contribution is 2.31. The molecule has 0 bridgehead atoms. The van der Waals surface area contributed by atoms with E-state index in [2.05, 4.69) is 25.3 Å². The minimum absolute atomic E-state index is 0.379. The second-order valence-electron chi connectivity index (χ2n) is 6.72. The number of hydrogen-bond donors (Lipinski definition) is 0. The average molecular weight is 320 g/mol. The van der Waals surface area contributed by atoms with Crippen molar-refractivity contribution in [2.24, 2.45) is 5.41 Å². The summed E-state index contributed by atoms with van der Waals surface area (Å²) in [5.41, 5.74) is 3.26. The zero-order chi connectivity index (χ0) is 17.7. The Morgan fingerprint density at radius 3 is 2.12 bits per heavy atom. The van der Waals surface area contributed by atoms with E-state index in [1.165, 1.54) is 5.56 Å². The lowest BCUT2D eigenvalue weighted by molar-refractivity contribution is -0.131. The molecule has 0 aliphatic heterocycles. The van der Waals surface area contributed by atoms with Gasteiger partial charge in [-0.3, -0.25) is 0 Å². The van der Waals surface area contributed by atoms with Crippen LogP contribution in [0.4, 0.5) is 0 Å². The zero-order valence-electron chi connectivity index (χ0n) is 14.6. The lowest BCUT2D eigenvalue weighted by Gasteiger charge is -2.26. The van der Waals surface area contributed by atoms with E-state index >= 15 is 0 Å². The van der Waals surface area contributed by atoms with Gasteiger partial charge < -0.3 is 4.74 Å². The van der Waals surface area contributed by atoms with Crippen LogP contribution in [0.25, 0.3) is 5.57 Å². The Kier molecular flexibility index (Phi) is 5.40. The van der Waals surface area contributed by atoms with Gasteiger partial charge in [0.2, 0.25) is 0 Å². The van der Waals surface area contributed by atoms with Gasteiger partial charge in [-0.1, -0.05) is 75.0 Å². The first-order chi connectivity index (χ1) is 11.3. The smallest absolute Gasteiger partial charge is 0.339 e. The van der Waals surface area contributed by atoms with Crippen LogP contribution in [0.5, 0.6) is 5.75 Å². The summed E-state index contributed by atoms with van der Waals surface area (Å²) in [6, 6.07) is 17.4. The van der Waals surface area contributed by atoms with Crippen molar-refractivity contribution in [3.05, 3.63) is 84.5 Å². The van der Waals surface area contributed by atoms with Crippen LogP contribution in [0.1, 0.15) is 31.9 Å². The number of allylic oxidation sites excluding steroid dienone is 1. The summed E-state index contributed by atoms with van der Waals surface area (Å²) < 4.78 is 5.47. The van der Waals surface area contributed by atoms with Gasteiger partial charge in [0.05, 0.1) is 0 Å². The Labute approximate surface area is 144 Å². The van der Waals surface area contributed by atoms with Crippen molar-refractivity contribution in [1.29, 1.82) is 0 Å². The standard InChI is InChI=1S/C22H24O2/c1-16(2)19-11-13-20(14-12-19)24-21(23)17(3)22(4,5)15-18-9-7-6-8-10-18/h6-14H,1,3,15H2,2,4-5H3. The molecule has 0 aliphatic rings. The monoisotopic (exact) mass is 320 g/mol. The largest absolute Gasteiger partial charge is 0.423 e. The van der Waals surface area contributed by atoms with Crippen molar-refractivity contribution < 1.29 is 9.53 Å². The van der Waals surface area contributed by atoms with Crippen molar-refractivity contribution in [2.45, 2.75) is 27.2 Å². The molecular weight excluding hydrogens is 296 g/mol. The van der Waals surface area contributed by atoms with E-state index in [1.807, 2.05) is 51.1 Å². The Morgan fingerprint density at radius 1 is 1.00 bits per heavy atom. The Bertz CT molecular complexity index is 737. The van der Waals surface area contributed by atoms with Crippen molar-refractivity contribution >= 4 is 11.5 Å². The highest BCUT2D eigenvalue weighted by molar-refractivity contribution is 5.90. The van der Waals surface area contributed by atoms with Crippen molar-refractivity contribution in [3.63, 3.8) is 0 Å². The van der Waals surface area contributed by atoms with Gasteiger partial charge in [-0.15, -0.1) is 0 Å². The fourth-order valence-electron chi connectivity index (χ4n) is 2.47. The van der Waals surface area contributed by atoms with E-state index in [0.29, 0.717) is 11.3 Å². The highest BCUT2D eigenvalue weighted by Gasteiger charge is 2.28. The van der Waals surface area contributed by atoms with Crippen molar-refractivity contribution in [1.82, 2.24) is 0 Å². The summed E-state index contributed by atoms with van der Waals surface area (Å²) in [5, 5.41) is 0. The third-order valence-corrected chi connectivity index (χ3v) is 4.11. The van der Waals surface area contributed by atoms with E-state index in [4.69, 9.17) is 4.74 Å². The molecule has 124 valence electrons. The van der Waals surface area contributed by atoms with E-state index < -0.39 is 0 Å². The molecular formula is C22H24O2. The number of esters is 1. The van der Waals surface area contributed by atoms with Crippen LogP contribution >= 0.6 is 0 Å². The predicted molar refractivity (Wildman–Crippen MR) is 99.9 cm³/mol. The molecule has 0 unspecified atom stereocenters. The second-order valence-corrected chi connectivity index (χ2v) is 6.72. The summed E-state index contributed by atoms with van der Waals surface area (Å²) in [4.78, 5) is 12.4. The molecule has 0 aliphatic carbocycles. The number of hydrogen-bond acceptors (Lipinski definition) is 2. The maximum atomic E-state index is 12.4. The van der Waals surface area contributed by atoms with Crippen molar-refractivity contribution in [2.75, 3.05) is 0 Å². The molecule has 0 saturated heterocycles. The van der Waals surface area contributed by atoms with Gasteiger partial charge in [0.1, 0.15) is 5.75 Å².